The molecule has 0 saturated heterocycles. The predicted octanol–water partition coefficient (Wildman–Crippen LogP) is 2.40. The van der Waals surface area contributed by atoms with Crippen molar-refractivity contribution in [3.63, 3.8) is 0 Å². The van der Waals surface area contributed by atoms with Crippen molar-refractivity contribution >= 4 is 0 Å². The van der Waals surface area contributed by atoms with Crippen molar-refractivity contribution in [2.45, 2.75) is 13.1 Å². The Morgan fingerprint density at radius 3 is 2.69 bits per heavy atom. The molecule has 1 N–H and O–H groups in total. The summed E-state index contributed by atoms with van der Waals surface area (Å²) in [4.78, 5) is 0. The van der Waals surface area contributed by atoms with Crippen molar-refractivity contribution < 1.29 is 4.39 Å². The molecular formula is C13H13FN2. The number of hydrogen-bond acceptors (Lipinski definition) is 1. The van der Waals surface area contributed by atoms with Gasteiger partial charge in [0, 0.05) is 31.0 Å². The molecule has 3 rings (SSSR count). The first-order chi connectivity index (χ1) is 7.84. The van der Waals surface area contributed by atoms with Crippen LogP contribution in [0, 0.1) is 5.82 Å². The molecule has 1 aliphatic rings. The molecule has 1 aliphatic heterocycles. The van der Waals surface area contributed by atoms with Crippen LogP contribution in [0.1, 0.15) is 5.69 Å². The molecule has 0 atom stereocenters. The molecule has 2 heterocycles. The summed E-state index contributed by atoms with van der Waals surface area (Å²) in [6, 6.07) is 10.9. The number of hydrogen-bond donors (Lipinski definition) is 1. The molecule has 0 spiro atoms. The quantitative estimate of drug-likeness (QED) is 0.774. The minimum Gasteiger partial charge on any atom is -0.342 e. The fourth-order valence-corrected chi connectivity index (χ4v) is 2.21. The molecule has 0 bridgehead atoms. The highest BCUT2D eigenvalue weighted by atomic mass is 19.1. The van der Waals surface area contributed by atoms with Crippen LogP contribution in [0.2, 0.25) is 0 Å². The lowest BCUT2D eigenvalue weighted by Crippen LogP contribution is -2.27. The molecule has 0 radical (unpaired) electrons. The van der Waals surface area contributed by atoms with Gasteiger partial charge in [-0.15, -0.1) is 0 Å². The zero-order valence-corrected chi connectivity index (χ0v) is 8.91. The zero-order chi connectivity index (χ0) is 11.0. The maximum absolute atomic E-state index is 12.9. The van der Waals surface area contributed by atoms with Gasteiger partial charge < -0.3 is 9.88 Å². The van der Waals surface area contributed by atoms with Crippen LogP contribution in [0.4, 0.5) is 4.39 Å². The van der Waals surface area contributed by atoms with Gasteiger partial charge in [-0.25, -0.2) is 4.39 Å². The first kappa shape index (κ1) is 9.60. The summed E-state index contributed by atoms with van der Waals surface area (Å²) < 4.78 is 15.1. The summed E-state index contributed by atoms with van der Waals surface area (Å²) >= 11 is 0. The Hall–Kier alpha value is -1.61. The van der Waals surface area contributed by atoms with E-state index in [4.69, 9.17) is 0 Å². The molecule has 1 aromatic heterocycles. The third kappa shape index (κ3) is 1.53. The lowest BCUT2D eigenvalue weighted by atomic mass is 10.1. The van der Waals surface area contributed by atoms with Gasteiger partial charge in [-0.2, -0.15) is 0 Å². The molecule has 0 fully saturated rings. The highest BCUT2D eigenvalue weighted by molar-refractivity contribution is 5.61. The molecule has 2 aromatic rings. The van der Waals surface area contributed by atoms with Crippen LogP contribution in [0.3, 0.4) is 0 Å². The van der Waals surface area contributed by atoms with Gasteiger partial charge in [0.2, 0.25) is 0 Å². The van der Waals surface area contributed by atoms with Crippen LogP contribution >= 0.6 is 0 Å². The summed E-state index contributed by atoms with van der Waals surface area (Å²) in [6.45, 7) is 2.89. The van der Waals surface area contributed by atoms with E-state index < -0.39 is 0 Å². The van der Waals surface area contributed by atoms with E-state index in [1.807, 2.05) is 12.1 Å². The van der Waals surface area contributed by atoms with Crippen LogP contribution in [-0.2, 0) is 13.1 Å². The second kappa shape index (κ2) is 3.76. The van der Waals surface area contributed by atoms with Gasteiger partial charge in [0.1, 0.15) is 5.82 Å². The first-order valence-electron chi connectivity index (χ1n) is 5.50. The lowest BCUT2D eigenvalue weighted by molar-refractivity contribution is 0.520. The largest absolute Gasteiger partial charge is 0.342 e. The summed E-state index contributed by atoms with van der Waals surface area (Å²) in [7, 11) is 0. The van der Waals surface area contributed by atoms with Gasteiger partial charge in [-0.1, -0.05) is 0 Å². The van der Waals surface area contributed by atoms with E-state index in [2.05, 4.69) is 22.0 Å². The SMILES string of the molecule is Fc1ccc(-c2ccc3n2CCNC3)cc1. The molecule has 3 heteroatoms. The minimum absolute atomic E-state index is 0.184. The van der Waals surface area contributed by atoms with Gasteiger partial charge in [-0.05, 0) is 42.0 Å². The number of rotatable bonds is 1. The second-order valence-corrected chi connectivity index (χ2v) is 4.05. The highest BCUT2D eigenvalue weighted by Crippen LogP contribution is 2.24. The van der Waals surface area contributed by atoms with E-state index in [1.165, 1.54) is 23.5 Å². The number of nitrogens with one attached hydrogen (secondary N) is 1. The Kier molecular flexibility index (Phi) is 2.26. The summed E-state index contributed by atoms with van der Waals surface area (Å²) in [6.07, 6.45) is 0. The van der Waals surface area contributed by atoms with Crippen LogP contribution in [-0.4, -0.2) is 11.1 Å². The van der Waals surface area contributed by atoms with E-state index in [0.29, 0.717) is 0 Å². The molecule has 0 amide bonds. The Bertz CT molecular complexity index is 499. The average Bonchev–Trinajstić information content (AvgIpc) is 2.74. The highest BCUT2D eigenvalue weighted by Gasteiger charge is 2.12. The van der Waals surface area contributed by atoms with E-state index in [-0.39, 0.29) is 5.82 Å². The third-order valence-electron chi connectivity index (χ3n) is 3.03. The van der Waals surface area contributed by atoms with Crippen LogP contribution in [0.15, 0.2) is 36.4 Å². The van der Waals surface area contributed by atoms with E-state index in [0.717, 1.165) is 25.2 Å². The van der Waals surface area contributed by atoms with Gasteiger partial charge in [-0.3, -0.25) is 0 Å². The Labute approximate surface area is 93.7 Å². The van der Waals surface area contributed by atoms with Gasteiger partial charge in [0.15, 0.2) is 0 Å². The van der Waals surface area contributed by atoms with Gasteiger partial charge >= 0.3 is 0 Å². The number of fused-ring (bicyclic) bond motifs is 1. The van der Waals surface area contributed by atoms with E-state index in [1.54, 1.807) is 0 Å². The molecule has 0 unspecified atom stereocenters. The van der Waals surface area contributed by atoms with Crippen LogP contribution < -0.4 is 5.32 Å². The van der Waals surface area contributed by atoms with Crippen molar-refractivity contribution in [2.24, 2.45) is 0 Å². The van der Waals surface area contributed by atoms with Crippen molar-refractivity contribution in [3.05, 3.63) is 47.9 Å². The van der Waals surface area contributed by atoms with Crippen molar-refractivity contribution in [2.75, 3.05) is 6.54 Å². The fraction of sp³-hybridized carbons (Fsp3) is 0.231. The summed E-state index contributed by atoms with van der Waals surface area (Å²) in [5, 5.41) is 3.33. The van der Waals surface area contributed by atoms with Crippen LogP contribution in [0.25, 0.3) is 11.3 Å². The second-order valence-electron chi connectivity index (χ2n) is 4.05. The Balaban J connectivity index is 2.06. The smallest absolute Gasteiger partial charge is 0.123 e. The maximum Gasteiger partial charge on any atom is 0.123 e. The molecule has 0 saturated carbocycles. The average molecular weight is 216 g/mol. The Morgan fingerprint density at radius 2 is 1.88 bits per heavy atom. The topological polar surface area (TPSA) is 17.0 Å². The van der Waals surface area contributed by atoms with E-state index >= 15 is 0 Å². The predicted molar refractivity (Wildman–Crippen MR) is 61.5 cm³/mol. The fourth-order valence-electron chi connectivity index (χ4n) is 2.21. The molecule has 16 heavy (non-hydrogen) atoms. The number of aromatic nitrogens is 1. The first-order valence-corrected chi connectivity index (χ1v) is 5.50. The zero-order valence-electron chi connectivity index (χ0n) is 8.91. The lowest BCUT2D eigenvalue weighted by Gasteiger charge is -2.19. The monoisotopic (exact) mass is 216 g/mol. The standard InChI is InChI=1S/C13H13FN2/c14-11-3-1-10(2-4-11)13-6-5-12-9-15-7-8-16(12)13/h1-6,15H,7-9H2. The minimum atomic E-state index is -0.184. The normalized spacial score (nSPS) is 14.8. The molecule has 82 valence electrons. The van der Waals surface area contributed by atoms with Crippen molar-refractivity contribution in [3.8, 4) is 11.3 Å². The maximum atomic E-state index is 12.9. The molecule has 0 aliphatic carbocycles. The summed E-state index contributed by atoms with van der Waals surface area (Å²) in [5.41, 5.74) is 3.55. The third-order valence-corrected chi connectivity index (χ3v) is 3.03. The Morgan fingerprint density at radius 1 is 1.06 bits per heavy atom. The molecule has 1 aromatic carbocycles. The van der Waals surface area contributed by atoms with E-state index in [9.17, 15) is 4.39 Å². The van der Waals surface area contributed by atoms with Crippen LogP contribution in [0.5, 0.6) is 0 Å². The molecule has 2 nitrogen and oxygen atoms in total. The van der Waals surface area contributed by atoms with Crippen molar-refractivity contribution in [1.82, 2.24) is 9.88 Å². The van der Waals surface area contributed by atoms with Gasteiger partial charge in [0.25, 0.3) is 0 Å². The number of nitrogens with zero attached hydrogens (tertiary/aromatic N) is 1. The van der Waals surface area contributed by atoms with Crippen molar-refractivity contribution in [1.29, 1.82) is 0 Å². The number of benzene rings is 1. The summed E-state index contributed by atoms with van der Waals surface area (Å²) in [5.74, 6) is -0.184. The van der Waals surface area contributed by atoms with Gasteiger partial charge in [0.05, 0.1) is 0 Å². The number of halogens is 1. The molecular weight excluding hydrogens is 203 g/mol.